The van der Waals surface area contributed by atoms with Gasteiger partial charge in [-0.2, -0.15) is 15.5 Å². The largest absolute Gasteiger partial charge is 0.490 e. The molecule has 0 radical (unpaired) electrons. The number of fused-ring (bicyclic) bond motifs is 1. The van der Waals surface area contributed by atoms with Crippen LogP contribution in [0, 0.1) is 17.2 Å². The monoisotopic (exact) mass is 887 g/mol. The summed E-state index contributed by atoms with van der Waals surface area (Å²) in [6, 6.07) is 24.9. The van der Waals surface area contributed by atoms with E-state index >= 15 is 0 Å². The van der Waals surface area contributed by atoms with Crippen LogP contribution in [0.1, 0.15) is 55.7 Å². The summed E-state index contributed by atoms with van der Waals surface area (Å²) in [5, 5.41) is 21.5. The Morgan fingerprint density at radius 2 is 1.62 bits per heavy atom. The van der Waals surface area contributed by atoms with Crippen LogP contribution < -0.4 is 26.1 Å². The van der Waals surface area contributed by atoms with Crippen LogP contribution in [0.5, 0.6) is 5.75 Å². The van der Waals surface area contributed by atoms with Crippen LogP contribution >= 0.6 is 0 Å². The van der Waals surface area contributed by atoms with E-state index in [0.29, 0.717) is 78.7 Å². The van der Waals surface area contributed by atoms with Crippen molar-refractivity contribution in [1.29, 1.82) is 5.26 Å². The molecular weight excluding hydrogens is 839 g/mol. The summed E-state index contributed by atoms with van der Waals surface area (Å²) < 4.78 is 8.70. The Hall–Kier alpha value is -7.58. The first-order valence-corrected chi connectivity index (χ1v) is 22.4. The summed E-state index contributed by atoms with van der Waals surface area (Å²) in [6.07, 6.45) is 8.72. The van der Waals surface area contributed by atoms with Crippen molar-refractivity contribution in [3.63, 3.8) is 0 Å². The minimum absolute atomic E-state index is 0.163. The second-order valence-electron chi connectivity index (χ2n) is 17.0. The number of likely N-dealkylation sites (tertiary alicyclic amines) is 1. The summed E-state index contributed by atoms with van der Waals surface area (Å²) in [4.78, 5) is 78.8. The fourth-order valence-corrected chi connectivity index (χ4v) is 8.89. The van der Waals surface area contributed by atoms with Crippen molar-refractivity contribution in [2.24, 2.45) is 5.92 Å². The number of nitrogens with zero attached hydrogens (tertiary/aromatic N) is 10. The number of amides is 3. The zero-order valence-corrected chi connectivity index (χ0v) is 36.4. The first kappa shape index (κ1) is 43.7. The molecule has 1 N–H and O–H groups in total. The smallest absolute Gasteiger partial charge is 0.275 e. The van der Waals surface area contributed by atoms with Crippen LogP contribution in [0.3, 0.4) is 0 Å². The predicted octanol–water partition coefficient (Wildman–Crippen LogP) is 4.19. The minimum atomic E-state index is -0.809. The quantitative estimate of drug-likeness (QED) is 0.162. The maximum absolute atomic E-state index is 13.2. The van der Waals surface area contributed by atoms with Gasteiger partial charge in [0.05, 0.1) is 54.5 Å². The van der Waals surface area contributed by atoms with E-state index in [9.17, 15) is 29.2 Å². The fourth-order valence-electron chi connectivity index (χ4n) is 8.89. The number of benzene rings is 3. The van der Waals surface area contributed by atoms with E-state index in [2.05, 4.69) is 41.4 Å². The van der Waals surface area contributed by atoms with E-state index in [1.165, 1.54) is 15.4 Å². The van der Waals surface area contributed by atoms with Gasteiger partial charge in [-0.3, -0.25) is 29.3 Å². The van der Waals surface area contributed by atoms with Gasteiger partial charge in [-0.25, -0.2) is 19.3 Å². The number of piperidine rings is 2. The molecule has 6 aromatic rings. The molecule has 0 bridgehead atoms. The number of nitrogens with one attached hydrogen (secondary N) is 1. The van der Waals surface area contributed by atoms with Gasteiger partial charge >= 0.3 is 0 Å². The average molecular weight is 888 g/mol. The van der Waals surface area contributed by atoms with Crippen molar-refractivity contribution < 1.29 is 19.1 Å². The van der Waals surface area contributed by atoms with Crippen molar-refractivity contribution in [2.45, 2.75) is 51.1 Å². The van der Waals surface area contributed by atoms with E-state index in [0.717, 1.165) is 61.3 Å². The first-order chi connectivity index (χ1) is 32.2. The molecule has 6 heterocycles. The zero-order valence-electron chi connectivity index (χ0n) is 36.4. The number of imide groups is 1. The van der Waals surface area contributed by atoms with Crippen LogP contribution in [0.2, 0.25) is 0 Å². The molecule has 66 heavy (non-hydrogen) atoms. The number of hydrogen-bond acceptors (Lipinski definition) is 13. The van der Waals surface area contributed by atoms with Crippen molar-refractivity contribution >= 4 is 34.2 Å². The van der Waals surface area contributed by atoms with Gasteiger partial charge in [0, 0.05) is 67.3 Å². The normalized spacial score (nSPS) is 17.1. The lowest BCUT2D eigenvalue weighted by Gasteiger charge is -2.36. The first-order valence-electron chi connectivity index (χ1n) is 22.4. The highest BCUT2D eigenvalue weighted by molar-refractivity contribution is 5.99. The molecule has 0 aliphatic carbocycles. The van der Waals surface area contributed by atoms with Crippen molar-refractivity contribution in [3.05, 3.63) is 129 Å². The predicted molar refractivity (Wildman–Crippen MR) is 245 cm³/mol. The maximum atomic E-state index is 13.2. The van der Waals surface area contributed by atoms with E-state index < -0.39 is 11.9 Å². The Balaban J connectivity index is 0.683. The molecule has 3 amide bonds. The second-order valence-corrected chi connectivity index (χ2v) is 17.0. The topological polar surface area (TPSA) is 202 Å². The number of nitriles is 1. The van der Waals surface area contributed by atoms with Crippen LogP contribution in [0.4, 0.5) is 5.69 Å². The highest BCUT2D eigenvalue weighted by Crippen LogP contribution is 2.25. The SMILES string of the molecule is N#Cc1cccc(-c2ccc(=O)n(Cc3cccc(-c4ncc(OCC5CCN(CCCC(=O)N6CCN(c7ccc8c(=O)n(C9CCC(=O)NC9=O)ncc8c7)CC6)CC5)cn4)c3)n2)c1. The summed E-state index contributed by atoms with van der Waals surface area (Å²) in [5.41, 5.74) is 3.92. The molecule has 3 saturated heterocycles. The van der Waals surface area contributed by atoms with E-state index in [-0.39, 0.29) is 42.3 Å². The lowest BCUT2D eigenvalue weighted by Crippen LogP contribution is -2.49. The maximum Gasteiger partial charge on any atom is 0.275 e. The molecule has 3 fully saturated rings. The van der Waals surface area contributed by atoms with E-state index in [4.69, 9.17) is 4.74 Å². The number of anilines is 1. The van der Waals surface area contributed by atoms with Gasteiger partial charge in [0.2, 0.25) is 11.8 Å². The van der Waals surface area contributed by atoms with Gasteiger partial charge in [-0.1, -0.05) is 30.3 Å². The zero-order chi connectivity index (χ0) is 45.6. The van der Waals surface area contributed by atoms with Crippen LogP contribution in [0.25, 0.3) is 33.4 Å². The lowest BCUT2D eigenvalue weighted by atomic mass is 9.97. The number of ether oxygens (including phenoxy) is 1. The number of rotatable bonds is 13. The molecule has 3 aromatic heterocycles. The molecule has 0 spiro atoms. The molecule has 3 aliphatic rings. The van der Waals surface area contributed by atoms with E-state index in [1.807, 2.05) is 47.4 Å². The van der Waals surface area contributed by atoms with Gasteiger partial charge in [0.15, 0.2) is 11.6 Å². The van der Waals surface area contributed by atoms with Crippen LogP contribution in [0.15, 0.2) is 107 Å². The highest BCUT2D eigenvalue weighted by atomic mass is 16.5. The Morgan fingerprint density at radius 3 is 2.41 bits per heavy atom. The van der Waals surface area contributed by atoms with Gasteiger partial charge < -0.3 is 19.4 Å². The number of carbonyl (C=O) groups excluding carboxylic acids is 3. The number of aromatic nitrogens is 6. The minimum Gasteiger partial charge on any atom is -0.490 e. The van der Waals surface area contributed by atoms with Gasteiger partial charge in [-0.05, 0) is 99.3 Å². The number of piperazine rings is 1. The molecule has 3 aromatic carbocycles. The Kier molecular flexibility index (Phi) is 13.0. The third-order valence-electron chi connectivity index (χ3n) is 12.7. The molecule has 17 heteroatoms. The standard InChI is InChI=1S/C49H49N11O6/c50-27-34-4-1-6-36(24-34)42-11-14-46(63)59(55-42)31-35-5-2-7-37(25-35)47-51-29-40(30-52-47)66-32-33-15-18-56(19-16-33)17-3-8-45(62)58-22-20-57(21-23-58)39-9-10-41-38(26-39)28-53-60(49(41)65)43-12-13-44(61)54-48(43)64/h1-2,4-7,9-11,14,24-26,28-30,33,43H,3,8,12-13,15-23,31-32H2,(H,54,61,64). The molecule has 17 nitrogen and oxygen atoms in total. The molecule has 336 valence electrons. The summed E-state index contributed by atoms with van der Waals surface area (Å²) in [7, 11) is 0. The van der Waals surface area contributed by atoms with Gasteiger partial charge in [0.1, 0.15) is 6.04 Å². The molecule has 9 rings (SSSR count). The Morgan fingerprint density at radius 1 is 0.833 bits per heavy atom. The summed E-state index contributed by atoms with van der Waals surface area (Å²) in [5.74, 6) is 0.887. The van der Waals surface area contributed by atoms with Crippen molar-refractivity contribution in [2.75, 3.05) is 57.3 Å². The van der Waals surface area contributed by atoms with Gasteiger partial charge in [0.25, 0.3) is 17.0 Å². The number of carbonyl (C=O) groups is 3. The van der Waals surface area contributed by atoms with Gasteiger partial charge in [-0.15, -0.1) is 0 Å². The molecule has 3 aliphatic heterocycles. The molecule has 1 atom stereocenters. The number of hydrogen-bond donors (Lipinski definition) is 1. The Bertz CT molecular complexity index is 2930. The Labute approximate surface area is 380 Å². The second kappa shape index (κ2) is 19.7. The molecule has 0 saturated carbocycles. The van der Waals surface area contributed by atoms with Crippen molar-refractivity contribution in [3.8, 4) is 34.5 Å². The average Bonchev–Trinajstić information content (AvgIpc) is 3.35. The lowest BCUT2D eigenvalue weighted by molar-refractivity contribution is -0.136. The summed E-state index contributed by atoms with van der Waals surface area (Å²) >= 11 is 0. The van der Waals surface area contributed by atoms with E-state index in [1.54, 1.807) is 48.9 Å². The fraction of sp³-hybridized carbons (Fsp3) is 0.347. The van der Waals surface area contributed by atoms with Crippen molar-refractivity contribution in [1.82, 2.24) is 44.6 Å². The molecular formula is C49H49N11O6. The van der Waals surface area contributed by atoms with Crippen LogP contribution in [-0.2, 0) is 20.9 Å². The summed E-state index contributed by atoms with van der Waals surface area (Å²) in [6.45, 7) is 6.24. The third kappa shape index (κ3) is 10.0. The van der Waals surface area contributed by atoms with Crippen LogP contribution in [-0.4, -0.2) is 109 Å². The highest BCUT2D eigenvalue weighted by Gasteiger charge is 2.30. The third-order valence-corrected chi connectivity index (χ3v) is 12.7. The molecule has 1 unspecified atom stereocenters.